The predicted octanol–water partition coefficient (Wildman–Crippen LogP) is 4.24. The smallest absolute Gasteiger partial charge is 0.477 e. The Bertz CT molecular complexity index is 1570. The normalized spacial score (nSPS) is 24.2. The van der Waals surface area contributed by atoms with Gasteiger partial charge in [0.25, 0.3) is 0 Å². The van der Waals surface area contributed by atoms with Crippen molar-refractivity contribution < 1.29 is 34.1 Å². The quantitative estimate of drug-likeness (QED) is 0.173. The lowest BCUT2D eigenvalue weighted by Gasteiger charge is -2.50. The van der Waals surface area contributed by atoms with Gasteiger partial charge in [-0.1, -0.05) is 13.0 Å². The molecule has 0 bridgehead atoms. The van der Waals surface area contributed by atoms with Crippen LogP contribution in [0.25, 0.3) is 10.4 Å². The van der Waals surface area contributed by atoms with Crippen LogP contribution in [0.5, 0.6) is 5.75 Å². The number of hydrogen-bond donors (Lipinski definition) is 2. The molecule has 4 atom stereocenters. The van der Waals surface area contributed by atoms with Gasteiger partial charge < -0.3 is 24.6 Å². The summed E-state index contributed by atoms with van der Waals surface area (Å²) in [4.78, 5) is 45.5. The molecule has 1 amide bonds. The maximum Gasteiger partial charge on any atom is 0.513 e. The van der Waals surface area contributed by atoms with Gasteiger partial charge in [-0.15, -0.1) is 23.1 Å². The first kappa shape index (κ1) is 26.9. The molecular weight excluding hydrogens is 554 g/mol. The number of aliphatic carboxylic acids is 1. The van der Waals surface area contributed by atoms with Crippen LogP contribution in [-0.4, -0.2) is 67.5 Å². The molecule has 3 aromatic rings. The fourth-order valence-corrected chi connectivity index (χ4v) is 8.41. The van der Waals surface area contributed by atoms with Crippen molar-refractivity contribution in [3.8, 4) is 5.75 Å². The highest BCUT2D eigenvalue weighted by Gasteiger charge is 2.66. The lowest BCUT2D eigenvalue weighted by molar-refractivity contribution is -0.167. The number of carboxylic acids is 1. The van der Waals surface area contributed by atoms with Crippen LogP contribution in [0.3, 0.4) is 0 Å². The third-order valence-corrected chi connectivity index (χ3v) is 10.2. The molecule has 0 spiro atoms. The van der Waals surface area contributed by atoms with E-state index >= 15 is 0 Å². The molecule has 1 aliphatic carbocycles. The van der Waals surface area contributed by atoms with Gasteiger partial charge in [-0.05, 0) is 62.1 Å². The van der Waals surface area contributed by atoms with Gasteiger partial charge in [0.05, 0.1) is 29.5 Å². The number of benzene rings is 1. The number of carbonyl (C=O) groups is 3. The second kappa shape index (κ2) is 9.93. The number of β-lactam (4-membered cyclic amide) rings is 1. The number of carboxylic acid groups (broad SMARTS) is 1. The van der Waals surface area contributed by atoms with E-state index < -0.39 is 41.5 Å². The molecule has 2 aromatic heterocycles. The monoisotopic (exact) mass is 583 g/mol. The summed E-state index contributed by atoms with van der Waals surface area (Å²) in [5.74, 6) is -2.00. The third-order valence-electron chi connectivity index (χ3n) is 8.30. The molecule has 6 rings (SSSR count). The average Bonchev–Trinajstić information content (AvgIpc) is 3.64. The topological polar surface area (TPSA) is 131 Å². The minimum absolute atomic E-state index is 0.0659. The molecule has 2 N–H and O–H groups in total. The standard InChI is InChI=1S/C28H29N3O7S2/c1-14(32)19-22-28(2,9-10-37-27(36)38-17-8-7-15-5-4-6-16(15)11-17)20(21(26(34)35)31(22)24(19)33)18-12-30-13-29-23(39-3)25(30)40-18/h7-8,11-14,19,22,32H,4-6,9-10H2,1-3H3,(H,34,35)/t14?,19-,22-,28-/m1/s1. The summed E-state index contributed by atoms with van der Waals surface area (Å²) in [5, 5.41) is 21.6. The number of amides is 1. The second-order valence-corrected chi connectivity index (χ2v) is 12.5. The van der Waals surface area contributed by atoms with E-state index in [0.29, 0.717) is 16.2 Å². The fraction of sp³-hybridized carbons (Fsp3) is 0.429. The van der Waals surface area contributed by atoms with Gasteiger partial charge >= 0.3 is 12.1 Å². The molecule has 3 aliphatic rings. The summed E-state index contributed by atoms with van der Waals surface area (Å²) in [6.45, 7) is 3.34. The minimum atomic E-state index is -1.22. The summed E-state index contributed by atoms with van der Waals surface area (Å²) < 4.78 is 12.7. The Morgan fingerprint density at radius 2 is 2.08 bits per heavy atom. The van der Waals surface area contributed by atoms with E-state index in [4.69, 9.17) is 9.47 Å². The van der Waals surface area contributed by atoms with E-state index in [1.165, 1.54) is 46.0 Å². The average molecular weight is 584 g/mol. The van der Waals surface area contributed by atoms with Crippen LogP contribution in [0, 0.1) is 11.3 Å². The summed E-state index contributed by atoms with van der Waals surface area (Å²) in [6.07, 6.45) is 6.86. The number of hydrogen-bond acceptors (Lipinski definition) is 9. The maximum atomic E-state index is 13.1. The Morgan fingerprint density at radius 1 is 1.30 bits per heavy atom. The molecule has 1 saturated heterocycles. The van der Waals surface area contributed by atoms with Gasteiger partial charge in [-0.2, -0.15) is 0 Å². The molecular formula is C28H29N3O7S2. The van der Waals surface area contributed by atoms with Gasteiger partial charge in [0.1, 0.15) is 27.6 Å². The minimum Gasteiger partial charge on any atom is -0.477 e. The van der Waals surface area contributed by atoms with E-state index in [2.05, 4.69) is 4.98 Å². The second-order valence-electron chi connectivity index (χ2n) is 10.7. The van der Waals surface area contributed by atoms with Crippen molar-refractivity contribution in [1.82, 2.24) is 14.3 Å². The highest BCUT2D eigenvalue weighted by molar-refractivity contribution is 7.98. The number of aliphatic hydroxyl groups is 1. The van der Waals surface area contributed by atoms with Crippen molar-refractivity contribution in [2.75, 3.05) is 12.9 Å². The van der Waals surface area contributed by atoms with E-state index in [0.717, 1.165) is 29.1 Å². The van der Waals surface area contributed by atoms with Gasteiger partial charge in [0.15, 0.2) is 0 Å². The summed E-state index contributed by atoms with van der Waals surface area (Å²) in [6, 6.07) is 4.99. The number of thiazole rings is 1. The van der Waals surface area contributed by atoms with Gasteiger partial charge in [0, 0.05) is 17.2 Å². The lowest BCUT2D eigenvalue weighted by atomic mass is 9.66. The number of nitrogens with zero attached hydrogens (tertiary/aromatic N) is 3. The summed E-state index contributed by atoms with van der Waals surface area (Å²) in [7, 11) is 0. The SMILES string of the molecule is CSc1ncn2cc(C3=C(C(=O)O)N4C(=O)[C@H](C(C)O)[C@@H]4[C@]3(C)CCOC(=O)Oc3ccc4c(c3)CCC4)sc12. The van der Waals surface area contributed by atoms with Gasteiger partial charge in [-0.3, -0.25) is 9.20 Å². The van der Waals surface area contributed by atoms with Crippen LogP contribution in [0.2, 0.25) is 0 Å². The first-order valence-electron chi connectivity index (χ1n) is 13.1. The van der Waals surface area contributed by atoms with Crippen molar-refractivity contribution >= 4 is 51.5 Å². The van der Waals surface area contributed by atoms with E-state index in [1.807, 2.05) is 35.9 Å². The molecule has 1 unspecified atom stereocenters. The van der Waals surface area contributed by atoms with E-state index in [1.54, 1.807) is 12.4 Å². The molecule has 0 radical (unpaired) electrons. The van der Waals surface area contributed by atoms with Crippen LogP contribution >= 0.6 is 23.1 Å². The molecule has 1 aromatic carbocycles. The number of rotatable bonds is 8. The van der Waals surface area contributed by atoms with Gasteiger partial charge in [0.2, 0.25) is 5.91 Å². The van der Waals surface area contributed by atoms with Crippen LogP contribution in [0.4, 0.5) is 4.79 Å². The summed E-state index contributed by atoms with van der Waals surface area (Å²) >= 11 is 2.88. The fourth-order valence-electron chi connectivity index (χ4n) is 6.45. The van der Waals surface area contributed by atoms with Crippen LogP contribution < -0.4 is 4.74 Å². The number of aryl methyl sites for hydroxylation is 2. The number of carbonyl (C=O) groups excluding carboxylic acids is 2. The highest BCUT2D eigenvalue weighted by Crippen LogP contribution is 2.60. The lowest BCUT2D eigenvalue weighted by Crippen LogP contribution is -2.66. The van der Waals surface area contributed by atoms with Crippen molar-refractivity contribution in [1.29, 1.82) is 0 Å². The number of aliphatic hydroxyl groups excluding tert-OH is 1. The van der Waals surface area contributed by atoms with Crippen LogP contribution in [-0.2, 0) is 27.2 Å². The number of fused-ring (bicyclic) bond motifs is 3. The molecule has 10 nitrogen and oxygen atoms in total. The van der Waals surface area contributed by atoms with Crippen molar-refractivity contribution in [3.63, 3.8) is 0 Å². The largest absolute Gasteiger partial charge is 0.513 e. The van der Waals surface area contributed by atoms with E-state index in [9.17, 15) is 24.6 Å². The first-order valence-corrected chi connectivity index (χ1v) is 15.1. The van der Waals surface area contributed by atoms with Crippen LogP contribution in [0.1, 0.15) is 42.7 Å². The predicted molar refractivity (Wildman–Crippen MR) is 148 cm³/mol. The first-order chi connectivity index (χ1) is 19.1. The Hall–Kier alpha value is -3.35. The molecule has 2 aliphatic heterocycles. The molecule has 1 fully saturated rings. The Morgan fingerprint density at radius 3 is 2.80 bits per heavy atom. The Labute approximate surface area is 238 Å². The van der Waals surface area contributed by atoms with Crippen LogP contribution in [0.15, 0.2) is 41.4 Å². The highest BCUT2D eigenvalue weighted by atomic mass is 32.2. The number of ether oxygens (including phenoxy) is 2. The zero-order valence-electron chi connectivity index (χ0n) is 22.2. The van der Waals surface area contributed by atoms with Crippen molar-refractivity contribution in [3.05, 3.63) is 52.4 Å². The number of imidazole rings is 1. The third kappa shape index (κ3) is 4.11. The molecule has 12 heteroatoms. The molecule has 4 heterocycles. The number of aromatic nitrogens is 2. The van der Waals surface area contributed by atoms with E-state index in [-0.39, 0.29) is 18.7 Å². The zero-order valence-corrected chi connectivity index (χ0v) is 23.9. The zero-order chi connectivity index (χ0) is 28.3. The van der Waals surface area contributed by atoms with Gasteiger partial charge in [-0.25, -0.2) is 14.6 Å². The Kier molecular flexibility index (Phi) is 6.67. The Balaban J connectivity index is 1.29. The number of thioether (sulfide) groups is 1. The maximum absolute atomic E-state index is 13.1. The van der Waals surface area contributed by atoms with Crippen molar-refractivity contribution in [2.24, 2.45) is 11.3 Å². The molecule has 0 saturated carbocycles. The molecule has 40 heavy (non-hydrogen) atoms. The molecule has 210 valence electrons. The summed E-state index contributed by atoms with van der Waals surface area (Å²) in [5.41, 5.74) is 1.90. The van der Waals surface area contributed by atoms with Crippen molar-refractivity contribution in [2.45, 2.75) is 56.7 Å².